The fourth-order valence-corrected chi connectivity index (χ4v) is 3.36. The number of rotatable bonds is 7. The summed E-state index contributed by atoms with van der Waals surface area (Å²) in [7, 11) is -3.55. The van der Waals surface area contributed by atoms with E-state index in [0.717, 1.165) is 12.2 Å². The van der Waals surface area contributed by atoms with Crippen molar-refractivity contribution in [3.8, 4) is 0 Å². The van der Waals surface area contributed by atoms with Crippen LogP contribution < -0.4 is 10.5 Å². The molecule has 1 unspecified atom stereocenters. The van der Waals surface area contributed by atoms with Crippen molar-refractivity contribution in [1.29, 1.82) is 0 Å². The smallest absolute Gasteiger partial charge is 0.258 e. The molecule has 6 nitrogen and oxygen atoms in total. The summed E-state index contributed by atoms with van der Waals surface area (Å²) < 4.78 is 26.6. The largest absolute Gasteiger partial charge is 0.326 e. The van der Waals surface area contributed by atoms with Gasteiger partial charge in [0, 0.05) is 18.2 Å². The molecular weight excluding hydrogens is 260 g/mol. The zero-order chi connectivity index (χ0) is 12.9. The highest BCUT2D eigenvalue weighted by Crippen LogP contribution is 2.12. The van der Waals surface area contributed by atoms with Crippen LogP contribution in [0.1, 0.15) is 18.9 Å². The molecule has 98 valence electrons. The van der Waals surface area contributed by atoms with Crippen LogP contribution in [0.5, 0.6) is 0 Å². The number of hydrogen-bond acceptors (Lipinski definition) is 5. The third-order valence-electron chi connectivity index (χ3n) is 2.28. The van der Waals surface area contributed by atoms with E-state index in [1.54, 1.807) is 11.8 Å². The Kier molecular flexibility index (Phi) is 5.44. The van der Waals surface area contributed by atoms with Crippen molar-refractivity contribution >= 4 is 21.8 Å². The van der Waals surface area contributed by atoms with Crippen LogP contribution in [0.2, 0.25) is 0 Å². The van der Waals surface area contributed by atoms with E-state index in [1.165, 1.54) is 6.20 Å². The van der Waals surface area contributed by atoms with E-state index in [9.17, 15) is 8.42 Å². The zero-order valence-electron chi connectivity index (χ0n) is 9.93. The van der Waals surface area contributed by atoms with Crippen molar-refractivity contribution in [2.24, 2.45) is 5.73 Å². The second-order valence-corrected chi connectivity index (χ2v) is 6.37. The van der Waals surface area contributed by atoms with E-state index in [4.69, 9.17) is 5.73 Å². The van der Waals surface area contributed by atoms with Gasteiger partial charge in [-0.25, -0.2) is 13.1 Å². The summed E-state index contributed by atoms with van der Waals surface area (Å²) in [6.45, 7) is 1.98. The molecule has 0 aliphatic rings. The van der Waals surface area contributed by atoms with Crippen LogP contribution in [0, 0.1) is 0 Å². The number of H-pyrrole nitrogens is 1. The Labute approximate surface area is 106 Å². The third kappa shape index (κ3) is 3.98. The Balaban J connectivity index is 2.75. The fourth-order valence-electron chi connectivity index (χ4n) is 1.35. The van der Waals surface area contributed by atoms with Gasteiger partial charge in [-0.1, -0.05) is 0 Å². The molecule has 1 aromatic heterocycles. The van der Waals surface area contributed by atoms with Crippen molar-refractivity contribution in [2.75, 3.05) is 12.0 Å². The molecule has 17 heavy (non-hydrogen) atoms. The average Bonchev–Trinajstić information content (AvgIpc) is 2.74. The lowest BCUT2D eigenvalue weighted by atomic mass is 10.3. The molecule has 1 aromatic rings. The summed E-state index contributed by atoms with van der Waals surface area (Å²) in [5.74, 6) is 0.913. The van der Waals surface area contributed by atoms with Gasteiger partial charge in [-0.3, -0.25) is 5.10 Å². The molecule has 0 aromatic carbocycles. The van der Waals surface area contributed by atoms with Crippen LogP contribution in [0.25, 0.3) is 0 Å². The van der Waals surface area contributed by atoms with Crippen LogP contribution in [0.3, 0.4) is 0 Å². The van der Waals surface area contributed by atoms with Gasteiger partial charge in [0.15, 0.2) is 5.03 Å². The van der Waals surface area contributed by atoms with Crippen molar-refractivity contribution in [3.05, 3.63) is 11.8 Å². The minimum atomic E-state index is -3.55. The zero-order valence-corrected chi connectivity index (χ0v) is 11.6. The van der Waals surface area contributed by atoms with Gasteiger partial charge < -0.3 is 5.73 Å². The van der Waals surface area contributed by atoms with E-state index in [-0.39, 0.29) is 17.6 Å². The highest BCUT2D eigenvalue weighted by Gasteiger charge is 2.21. The Morgan fingerprint density at radius 1 is 1.65 bits per heavy atom. The van der Waals surface area contributed by atoms with Gasteiger partial charge in [0.05, 0.1) is 6.20 Å². The SMILES string of the molecule is CSCCC(C)NS(=O)(=O)c1[nH]ncc1CN. The van der Waals surface area contributed by atoms with Crippen molar-refractivity contribution in [2.45, 2.75) is 31.0 Å². The maximum Gasteiger partial charge on any atom is 0.258 e. The van der Waals surface area contributed by atoms with E-state index in [2.05, 4.69) is 14.9 Å². The number of aromatic nitrogens is 2. The Bertz CT molecular complexity index is 444. The summed E-state index contributed by atoms with van der Waals surface area (Å²) in [5, 5.41) is 6.24. The summed E-state index contributed by atoms with van der Waals surface area (Å²) >= 11 is 1.69. The van der Waals surface area contributed by atoms with E-state index >= 15 is 0 Å². The first-order valence-corrected chi connectivity index (χ1v) is 8.12. The van der Waals surface area contributed by atoms with Crippen LogP contribution in [-0.4, -0.2) is 36.7 Å². The monoisotopic (exact) mass is 278 g/mol. The molecule has 0 saturated carbocycles. The van der Waals surface area contributed by atoms with Crippen molar-refractivity contribution < 1.29 is 8.42 Å². The molecule has 1 heterocycles. The maximum atomic E-state index is 12.0. The first kappa shape index (κ1) is 14.5. The fraction of sp³-hybridized carbons (Fsp3) is 0.667. The highest BCUT2D eigenvalue weighted by molar-refractivity contribution is 7.98. The molecule has 0 aliphatic heterocycles. The van der Waals surface area contributed by atoms with Gasteiger partial charge >= 0.3 is 0 Å². The van der Waals surface area contributed by atoms with Crippen molar-refractivity contribution in [3.63, 3.8) is 0 Å². The van der Waals surface area contributed by atoms with Crippen molar-refractivity contribution in [1.82, 2.24) is 14.9 Å². The van der Waals surface area contributed by atoms with E-state index in [0.29, 0.717) is 5.56 Å². The quantitative estimate of drug-likeness (QED) is 0.665. The number of aromatic amines is 1. The molecule has 8 heteroatoms. The topological polar surface area (TPSA) is 101 Å². The van der Waals surface area contributed by atoms with Gasteiger partial charge in [-0.05, 0) is 25.4 Å². The molecular formula is C9H18N4O2S2. The first-order chi connectivity index (χ1) is 8.01. The Morgan fingerprint density at radius 2 is 2.35 bits per heavy atom. The van der Waals surface area contributed by atoms with Crippen LogP contribution >= 0.6 is 11.8 Å². The number of sulfonamides is 1. The number of nitrogens with one attached hydrogen (secondary N) is 2. The van der Waals surface area contributed by atoms with Crippen LogP contribution in [-0.2, 0) is 16.6 Å². The molecule has 0 amide bonds. The average molecular weight is 278 g/mol. The normalized spacial score (nSPS) is 13.8. The maximum absolute atomic E-state index is 12.0. The second-order valence-electron chi connectivity index (χ2n) is 3.73. The lowest BCUT2D eigenvalue weighted by Crippen LogP contribution is -2.33. The lowest BCUT2D eigenvalue weighted by Gasteiger charge is -2.13. The molecule has 0 saturated heterocycles. The molecule has 0 spiro atoms. The Hall–Kier alpha value is -0.570. The number of hydrogen-bond donors (Lipinski definition) is 3. The first-order valence-electron chi connectivity index (χ1n) is 5.25. The van der Waals surface area contributed by atoms with Gasteiger partial charge in [-0.2, -0.15) is 16.9 Å². The predicted molar refractivity (Wildman–Crippen MR) is 69.3 cm³/mol. The molecule has 1 atom stereocenters. The molecule has 1 rings (SSSR count). The van der Waals surface area contributed by atoms with E-state index < -0.39 is 10.0 Å². The minimum Gasteiger partial charge on any atom is -0.326 e. The molecule has 4 N–H and O–H groups in total. The van der Waals surface area contributed by atoms with Gasteiger partial charge in [0.25, 0.3) is 10.0 Å². The van der Waals surface area contributed by atoms with E-state index in [1.807, 2.05) is 13.2 Å². The van der Waals surface area contributed by atoms with Gasteiger partial charge in [-0.15, -0.1) is 0 Å². The number of nitrogens with zero attached hydrogens (tertiary/aromatic N) is 1. The molecule has 0 bridgehead atoms. The van der Waals surface area contributed by atoms with Crippen LogP contribution in [0.4, 0.5) is 0 Å². The lowest BCUT2D eigenvalue weighted by molar-refractivity contribution is 0.552. The summed E-state index contributed by atoms with van der Waals surface area (Å²) in [6.07, 6.45) is 4.20. The second kappa shape index (κ2) is 6.39. The Morgan fingerprint density at radius 3 is 2.94 bits per heavy atom. The molecule has 0 radical (unpaired) electrons. The number of nitrogens with two attached hydrogens (primary N) is 1. The summed E-state index contributed by atoms with van der Waals surface area (Å²) in [6, 6.07) is -0.110. The van der Waals surface area contributed by atoms with Crippen LogP contribution in [0.15, 0.2) is 11.2 Å². The standard InChI is InChI=1S/C9H18N4O2S2/c1-7(3-4-16-2)13-17(14,15)9-8(5-10)6-11-12-9/h6-7,13H,3-5,10H2,1-2H3,(H,11,12). The molecule has 0 fully saturated rings. The third-order valence-corrected chi connectivity index (χ3v) is 4.53. The summed E-state index contributed by atoms with van der Waals surface area (Å²) in [5.41, 5.74) is 5.94. The summed E-state index contributed by atoms with van der Waals surface area (Å²) in [4.78, 5) is 0. The molecule has 0 aliphatic carbocycles. The van der Waals surface area contributed by atoms with Gasteiger partial charge in [0.1, 0.15) is 0 Å². The highest BCUT2D eigenvalue weighted by atomic mass is 32.2. The number of thioether (sulfide) groups is 1. The predicted octanol–water partition coefficient (Wildman–Crippen LogP) is 0.288. The van der Waals surface area contributed by atoms with Gasteiger partial charge in [0.2, 0.25) is 0 Å². The minimum absolute atomic E-state index is 0.0657.